The molecule has 2 aromatic rings. The fourth-order valence-corrected chi connectivity index (χ4v) is 3.29. The quantitative estimate of drug-likeness (QED) is 0.870. The van der Waals surface area contributed by atoms with E-state index >= 15 is 0 Å². The summed E-state index contributed by atoms with van der Waals surface area (Å²) in [6, 6.07) is 12.2. The molecule has 0 saturated heterocycles. The van der Waals surface area contributed by atoms with Crippen LogP contribution in [0.1, 0.15) is 54.4 Å². The Balaban J connectivity index is 1.76. The van der Waals surface area contributed by atoms with Crippen molar-refractivity contribution in [3.63, 3.8) is 0 Å². The smallest absolute Gasteiger partial charge is 0.272 e. The van der Waals surface area contributed by atoms with Crippen LogP contribution in [0.3, 0.4) is 0 Å². The maximum atomic E-state index is 12.9. The van der Waals surface area contributed by atoms with Crippen molar-refractivity contribution >= 4 is 11.9 Å². The van der Waals surface area contributed by atoms with Gasteiger partial charge in [0.25, 0.3) is 5.91 Å². The minimum absolute atomic E-state index is 0.0497. The number of nitrogens with zero attached hydrogens (tertiary/aromatic N) is 3. The van der Waals surface area contributed by atoms with Crippen molar-refractivity contribution < 1.29 is 4.79 Å². The van der Waals surface area contributed by atoms with E-state index in [4.69, 9.17) is 0 Å². The molecule has 0 radical (unpaired) electrons. The molecule has 0 unspecified atom stereocenters. The predicted octanol–water partition coefficient (Wildman–Crippen LogP) is 3.80. The van der Waals surface area contributed by atoms with Crippen molar-refractivity contribution in [3.05, 3.63) is 53.3 Å². The maximum absolute atomic E-state index is 12.9. The Morgan fingerprint density at radius 1 is 1.20 bits per heavy atom. The second-order valence-corrected chi connectivity index (χ2v) is 6.65. The Morgan fingerprint density at radius 3 is 2.60 bits per heavy atom. The Bertz CT molecular complexity index is 711. The fourth-order valence-electron chi connectivity index (χ4n) is 3.29. The summed E-state index contributed by atoms with van der Waals surface area (Å²) >= 11 is 0. The number of benzene rings is 1. The van der Waals surface area contributed by atoms with Crippen molar-refractivity contribution in [1.29, 1.82) is 0 Å². The highest BCUT2D eigenvalue weighted by atomic mass is 16.2. The van der Waals surface area contributed by atoms with Crippen molar-refractivity contribution in [2.45, 2.75) is 52.1 Å². The molecular weight excluding hydrogens is 312 g/mol. The summed E-state index contributed by atoms with van der Waals surface area (Å²) in [5, 5.41) is 3.39. The van der Waals surface area contributed by atoms with Crippen molar-refractivity contribution in [1.82, 2.24) is 14.9 Å². The van der Waals surface area contributed by atoms with E-state index in [0.717, 1.165) is 24.1 Å². The zero-order valence-corrected chi connectivity index (χ0v) is 15.0. The van der Waals surface area contributed by atoms with Crippen molar-refractivity contribution in [3.8, 4) is 0 Å². The molecule has 1 heterocycles. The summed E-state index contributed by atoms with van der Waals surface area (Å²) in [7, 11) is 0. The van der Waals surface area contributed by atoms with Crippen molar-refractivity contribution in [2.75, 3.05) is 11.9 Å². The molecule has 0 spiro atoms. The number of nitrogens with one attached hydrogen (secondary N) is 1. The molecule has 0 aliphatic heterocycles. The summed E-state index contributed by atoms with van der Waals surface area (Å²) in [5.74, 6) is 0.525. The van der Waals surface area contributed by atoms with Crippen LogP contribution >= 0.6 is 0 Å². The average Bonchev–Trinajstić information content (AvgIpc) is 3.12. The lowest BCUT2D eigenvalue weighted by Crippen LogP contribution is -2.31. The molecule has 5 nitrogen and oxygen atoms in total. The molecule has 1 aromatic carbocycles. The SMILES string of the molecule is CCN(Cc1ccccc1)C(=O)c1cc(C)nc(NC2CCCC2)n1. The lowest BCUT2D eigenvalue weighted by Gasteiger charge is -2.21. The van der Waals surface area contributed by atoms with Crippen molar-refractivity contribution in [2.24, 2.45) is 0 Å². The summed E-state index contributed by atoms with van der Waals surface area (Å²) in [6.45, 7) is 5.13. The first kappa shape index (κ1) is 17.4. The first-order chi connectivity index (χ1) is 12.2. The van der Waals surface area contributed by atoms with Gasteiger partial charge in [0, 0.05) is 24.8 Å². The summed E-state index contributed by atoms with van der Waals surface area (Å²) in [5.41, 5.74) is 2.40. The van der Waals surface area contributed by atoms with E-state index in [0.29, 0.717) is 30.8 Å². The van der Waals surface area contributed by atoms with Gasteiger partial charge in [0.05, 0.1) is 0 Å². The highest BCUT2D eigenvalue weighted by Crippen LogP contribution is 2.21. The third-order valence-corrected chi connectivity index (χ3v) is 4.65. The zero-order chi connectivity index (χ0) is 17.6. The molecule has 1 aliphatic carbocycles. The molecule has 1 fully saturated rings. The summed E-state index contributed by atoms with van der Waals surface area (Å²) in [6.07, 6.45) is 4.79. The van der Waals surface area contributed by atoms with Gasteiger partial charge in [-0.2, -0.15) is 0 Å². The number of amides is 1. The first-order valence-electron chi connectivity index (χ1n) is 9.11. The molecule has 1 N–H and O–H groups in total. The van der Waals surface area contributed by atoms with Crippen LogP contribution in [-0.2, 0) is 6.54 Å². The second kappa shape index (κ2) is 8.10. The average molecular weight is 338 g/mol. The number of carbonyl (C=O) groups is 1. The molecule has 1 aliphatic rings. The Labute approximate surface area is 149 Å². The topological polar surface area (TPSA) is 58.1 Å². The molecule has 25 heavy (non-hydrogen) atoms. The highest BCUT2D eigenvalue weighted by molar-refractivity contribution is 5.92. The number of hydrogen-bond donors (Lipinski definition) is 1. The normalized spacial score (nSPS) is 14.5. The molecular formula is C20H26N4O. The number of anilines is 1. The van der Waals surface area contributed by atoms with Crippen LogP contribution in [0.4, 0.5) is 5.95 Å². The number of rotatable bonds is 6. The lowest BCUT2D eigenvalue weighted by molar-refractivity contribution is 0.0746. The van der Waals surface area contributed by atoms with E-state index in [1.54, 1.807) is 6.07 Å². The third-order valence-electron chi connectivity index (χ3n) is 4.65. The maximum Gasteiger partial charge on any atom is 0.272 e. The third kappa shape index (κ3) is 4.56. The number of hydrogen-bond acceptors (Lipinski definition) is 4. The van der Waals surface area contributed by atoms with Crippen LogP contribution in [0, 0.1) is 6.92 Å². The van der Waals surface area contributed by atoms with Gasteiger partial charge in [-0.15, -0.1) is 0 Å². The van der Waals surface area contributed by atoms with Gasteiger partial charge in [0.15, 0.2) is 0 Å². The van der Waals surface area contributed by atoms with E-state index in [-0.39, 0.29) is 5.91 Å². The van der Waals surface area contributed by atoms with Crippen LogP contribution in [0.25, 0.3) is 0 Å². The van der Waals surface area contributed by atoms with Crippen LogP contribution in [0.5, 0.6) is 0 Å². The first-order valence-corrected chi connectivity index (χ1v) is 9.11. The lowest BCUT2D eigenvalue weighted by atomic mass is 10.2. The standard InChI is InChI=1S/C20H26N4O/c1-3-24(14-16-9-5-4-6-10-16)19(25)18-13-15(2)21-20(23-18)22-17-11-7-8-12-17/h4-6,9-10,13,17H,3,7-8,11-12,14H2,1-2H3,(H,21,22,23). The van der Waals surface area contributed by atoms with Gasteiger partial charge in [-0.25, -0.2) is 9.97 Å². The number of aromatic nitrogens is 2. The van der Waals surface area contributed by atoms with Gasteiger partial charge in [-0.1, -0.05) is 43.2 Å². The summed E-state index contributed by atoms with van der Waals surface area (Å²) in [4.78, 5) is 23.7. The van der Waals surface area contributed by atoms with Gasteiger partial charge in [0.2, 0.25) is 5.95 Å². The van der Waals surface area contributed by atoms with Gasteiger partial charge < -0.3 is 10.2 Å². The Hall–Kier alpha value is -2.43. The van der Waals surface area contributed by atoms with E-state index < -0.39 is 0 Å². The summed E-state index contributed by atoms with van der Waals surface area (Å²) < 4.78 is 0. The number of aryl methyl sites for hydroxylation is 1. The van der Waals surface area contributed by atoms with Crippen LogP contribution in [0.15, 0.2) is 36.4 Å². The highest BCUT2D eigenvalue weighted by Gasteiger charge is 2.20. The molecule has 5 heteroatoms. The molecule has 1 saturated carbocycles. The van der Waals surface area contributed by atoms with Gasteiger partial charge in [0.1, 0.15) is 5.69 Å². The van der Waals surface area contributed by atoms with Crippen LogP contribution in [-0.4, -0.2) is 33.4 Å². The molecule has 132 valence electrons. The largest absolute Gasteiger partial charge is 0.351 e. The van der Waals surface area contributed by atoms with E-state index in [2.05, 4.69) is 15.3 Å². The molecule has 3 rings (SSSR count). The molecule has 0 atom stereocenters. The molecule has 1 amide bonds. The second-order valence-electron chi connectivity index (χ2n) is 6.65. The minimum atomic E-state index is -0.0497. The predicted molar refractivity (Wildman–Crippen MR) is 99.5 cm³/mol. The monoisotopic (exact) mass is 338 g/mol. The van der Waals surface area contributed by atoms with E-state index in [9.17, 15) is 4.79 Å². The van der Waals surface area contributed by atoms with Gasteiger partial charge in [-0.05, 0) is 38.3 Å². The van der Waals surface area contributed by atoms with Crippen LogP contribution < -0.4 is 5.32 Å². The van der Waals surface area contributed by atoms with E-state index in [1.807, 2.05) is 49.1 Å². The van der Waals surface area contributed by atoms with Gasteiger partial charge >= 0.3 is 0 Å². The minimum Gasteiger partial charge on any atom is -0.351 e. The van der Waals surface area contributed by atoms with Crippen LogP contribution in [0.2, 0.25) is 0 Å². The zero-order valence-electron chi connectivity index (χ0n) is 15.0. The molecule has 0 bridgehead atoms. The van der Waals surface area contributed by atoms with E-state index in [1.165, 1.54) is 12.8 Å². The van der Waals surface area contributed by atoms with Gasteiger partial charge in [-0.3, -0.25) is 4.79 Å². The Morgan fingerprint density at radius 2 is 1.92 bits per heavy atom. The Kier molecular flexibility index (Phi) is 5.64. The fraction of sp³-hybridized carbons (Fsp3) is 0.450. The number of carbonyl (C=O) groups excluding carboxylic acids is 1. The molecule has 1 aromatic heterocycles.